The van der Waals surface area contributed by atoms with E-state index in [1.54, 1.807) is 0 Å². The van der Waals surface area contributed by atoms with Crippen LogP contribution in [0, 0.1) is 0 Å². The van der Waals surface area contributed by atoms with Gasteiger partial charge in [0, 0.05) is 12.8 Å². The van der Waals surface area contributed by atoms with Crippen LogP contribution in [0.4, 0.5) is 0 Å². The van der Waals surface area contributed by atoms with Crippen molar-refractivity contribution in [2.75, 3.05) is 47.5 Å². The first-order valence-corrected chi connectivity index (χ1v) is 34.2. The lowest BCUT2D eigenvalue weighted by atomic mass is 10.0. The van der Waals surface area contributed by atoms with Crippen molar-refractivity contribution >= 4 is 19.8 Å². The van der Waals surface area contributed by atoms with Gasteiger partial charge in [0.25, 0.3) is 0 Å². The van der Waals surface area contributed by atoms with Crippen molar-refractivity contribution in [3.8, 4) is 0 Å². The van der Waals surface area contributed by atoms with Crippen LogP contribution in [0.5, 0.6) is 0 Å². The molecule has 2 unspecified atom stereocenters. The summed E-state index contributed by atoms with van der Waals surface area (Å²) in [6.45, 7) is 4.35. The molecule has 0 aliphatic rings. The second-order valence-electron chi connectivity index (χ2n) is 23.1. The van der Waals surface area contributed by atoms with E-state index in [4.69, 9.17) is 18.5 Å². The SMILES string of the molecule is CC/C=C\C/C=C\C/C=C\C/C=C\CCCCCCCCCCCCCCCCCCCCC(=O)OC(COC(=O)CCCCCCCCCCCCC/C=C\C/C=C\CCCCCCC)COP(=O)(O)OCC[N+](C)(C)C. The lowest BCUT2D eigenvalue weighted by Gasteiger charge is -2.24. The summed E-state index contributed by atoms with van der Waals surface area (Å²) in [6.07, 6.45) is 78.4. The van der Waals surface area contributed by atoms with Crippen LogP contribution in [0.3, 0.4) is 0 Å². The minimum Gasteiger partial charge on any atom is -0.462 e. The van der Waals surface area contributed by atoms with Crippen LogP contribution in [-0.2, 0) is 32.7 Å². The third-order valence-corrected chi connectivity index (χ3v) is 15.2. The molecule has 0 saturated heterocycles. The molecular weight excluding hydrogens is 990 g/mol. The summed E-state index contributed by atoms with van der Waals surface area (Å²) in [7, 11) is 1.48. The van der Waals surface area contributed by atoms with Gasteiger partial charge in [0.05, 0.1) is 27.7 Å². The molecule has 454 valence electrons. The molecule has 0 bridgehead atoms. The van der Waals surface area contributed by atoms with Crippen LogP contribution < -0.4 is 0 Å². The summed E-state index contributed by atoms with van der Waals surface area (Å²) in [5.74, 6) is -0.789. The van der Waals surface area contributed by atoms with Crippen molar-refractivity contribution < 1.29 is 42.1 Å². The maximum atomic E-state index is 12.9. The summed E-state index contributed by atoms with van der Waals surface area (Å²) < 4.78 is 34.7. The van der Waals surface area contributed by atoms with Crippen molar-refractivity contribution in [2.45, 2.75) is 302 Å². The topological polar surface area (TPSA) is 108 Å². The largest absolute Gasteiger partial charge is 0.472 e. The molecular formula is C68H125NO8P+. The number of likely N-dealkylation sites (N-methyl/N-ethyl adjacent to an activating group) is 1. The Morgan fingerprint density at radius 2 is 0.731 bits per heavy atom. The highest BCUT2D eigenvalue weighted by Crippen LogP contribution is 2.43. The number of nitrogens with zero attached hydrogens (tertiary/aromatic N) is 1. The Hall–Kier alpha value is -2.55. The van der Waals surface area contributed by atoms with Gasteiger partial charge in [-0.2, -0.15) is 0 Å². The van der Waals surface area contributed by atoms with E-state index in [0.29, 0.717) is 17.4 Å². The smallest absolute Gasteiger partial charge is 0.462 e. The first-order valence-electron chi connectivity index (χ1n) is 32.7. The predicted molar refractivity (Wildman–Crippen MR) is 335 cm³/mol. The molecule has 0 aromatic rings. The Bertz CT molecular complexity index is 1550. The van der Waals surface area contributed by atoms with E-state index < -0.39 is 26.5 Å². The molecule has 0 rings (SSSR count). The predicted octanol–water partition coefficient (Wildman–Crippen LogP) is 20.8. The zero-order valence-electron chi connectivity index (χ0n) is 51.6. The number of carbonyl (C=O) groups is 2. The number of ether oxygens (including phenoxy) is 2. The molecule has 0 aromatic heterocycles. The molecule has 0 fully saturated rings. The molecule has 0 aliphatic carbocycles. The molecule has 2 atom stereocenters. The summed E-state index contributed by atoms with van der Waals surface area (Å²) >= 11 is 0. The minimum atomic E-state index is -4.39. The third-order valence-electron chi connectivity index (χ3n) is 14.2. The van der Waals surface area contributed by atoms with Crippen molar-refractivity contribution in [2.24, 2.45) is 0 Å². The number of quaternary nitrogens is 1. The first kappa shape index (κ1) is 75.5. The molecule has 0 aliphatic heterocycles. The monoisotopic (exact) mass is 1110 g/mol. The zero-order valence-corrected chi connectivity index (χ0v) is 52.5. The Kier molecular flexibility index (Phi) is 57.2. The number of allylic oxidation sites excluding steroid dienone is 12. The van der Waals surface area contributed by atoms with Crippen LogP contribution >= 0.6 is 7.82 Å². The van der Waals surface area contributed by atoms with Crippen LogP contribution in [0.15, 0.2) is 72.9 Å². The average molecular weight is 1120 g/mol. The summed E-state index contributed by atoms with van der Waals surface area (Å²) in [5, 5.41) is 0. The average Bonchev–Trinajstić information content (AvgIpc) is 3.40. The van der Waals surface area contributed by atoms with Gasteiger partial charge in [0.15, 0.2) is 6.10 Å². The van der Waals surface area contributed by atoms with Gasteiger partial charge >= 0.3 is 19.8 Å². The maximum absolute atomic E-state index is 12.9. The number of unbranched alkanes of at least 4 members (excludes halogenated alkanes) is 34. The summed E-state index contributed by atoms with van der Waals surface area (Å²) in [6, 6.07) is 0. The van der Waals surface area contributed by atoms with Gasteiger partial charge in [-0.1, -0.05) is 273 Å². The van der Waals surface area contributed by atoms with Gasteiger partial charge in [-0.05, 0) is 83.5 Å². The number of hydrogen-bond acceptors (Lipinski definition) is 7. The summed E-state index contributed by atoms with van der Waals surface area (Å²) in [5.41, 5.74) is 0. The molecule has 9 nitrogen and oxygen atoms in total. The maximum Gasteiger partial charge on any atom is 0.472 e. The van der Waals surface area contributed by atoms with Crippen LogP contribution in [0.2, 0.25) is 0 Å². The number of hydrogen-bond donors (Lipinski definition) is 1. The molecule has 0 heterocycles. The normalized spacial score (nSPS) is 13.7. The van der Waals surface area contributed by atoms with E-state index in [0.717, 1.165) is 64.2 Å². The lowest BCUT2D eigenvalue weighted by Crippen LogP contribution is -2.37. The standard InChI is InChI=1S/C68H124NO8P/c1-6-8-10-12-14-16-18-20-22-24-26-28-30-31-32-33-34-35-36-37-39-41-43-45-47-49-51-53-55-57-59-61-68(71)77-66(65-76-78(72,73)75-63-62-69(3,4)5)64-74-67(70)60-58-56-54-52-50-48-46-44-42-40-38-29-27-25-23-21-19-17-15-13-11-9-7-2/h8,10,14,16,19-22,25-28,66H,6-7,9,11-13,15,17-18,23-24,29-65H2,1-5H3/p+1/b10-8-,16-14-,21-19-,22-20-,27-25-,28-26-. The number of esters is 2. The van der Waals surface area contributed by atoms with Crippen LogP contribution in [0.1, 0.15) is 296 Å². The van der Waals surface area contributed by atoms with E-state index in [-0.39, 0.29) is 32.0 Å². The van der Waals surface area contributed by atoms with Gasteiger partial charge in [-0.15, -0.1) is 0 Å². The molecule has 10 heteroatoms. The molecule has 0 spiro atoms. The van der Waals surface area contributed by atoms with Gasteiger partial charge in [0.1, 0.15) is 19.8 Å². The van der Waals surface area contributed by atoms with Gasteiger partial charge < -0.3 is 18.9 Å². The highest BCUT2D eigenvalue weighted by molar-refractivity contribution is 7.47. The number of carbonyl (C=O) groups excluding carboxylic acids is 2. The fourth-order valence-corrected chi connectivity index (χ4v) is 9.96. The van der Waals surface area contributed by atoms with E-state index in [1.807, 2.05) is 21.1 Å². The van der Waals surface area contributed by atoms with Crippen molar-refractivity contribution in [3.05, 3.63) is 72.9 Å². The van der Waals surface area contributed by atoms with E-state index >= 15 is 0 Å². The number of phosphoric ester groups is 1. The fourth-order valence-electron chi connectivity index (χ4n) is 9.22. The summed E-state index contributed by atoms with van der Waals surface area (Å²) in [4.78, 5) is 35.8. The van der Waals surface area contributed by atoms with Gasteiger partial charge in [-0.25, -0.2) is 4.57 Å². The highest BCUT2D eigenvalue weighted by Gasteiger charge is 2.27. The van der Waals surface area contributed by atoms with Crippen molar-refractivity contribution in [3.63, 3.8) is 0 Å². The van der Waals surface area contributed by atoms with E-state index in [2.05, 4.69) is 86.8 Å². The Morgan fingerprint density at radius 1 is 0.410 bits per heavy atom. The van der Waals surface area contributed by atoms with E-state index in [1.165, 1.54) is 199 Å². The quantitative estimate of drug-likeness (QED) is 0.0211. The Morgan fingerprint density at radius 3 is 1.09 bits per heavy atom. The minimum absolute atomic E-state index is 0.0309. The number of rotatable bonds is 60. The van der Waals surface area contributed by atoms with Gasteiger partial charge in [-0.3, -0.25) is 18.6 Å². The van der Waals surface area contributed by atoms with Crippen LogP contribution in [-0.4, -0.2) is 74.9 Å². The van der Waals surface area contributed by atoms with Crippen molar-refractivity contribution in [1.29, 1.82) is 0 Å². The molecule has 0 radical (unpaired) electrons. The number of phosphoric acid groups is 1. The van der Waals surface area contributed by atoms with E-state index in [9.17, 15) is 19.0 Å². The van der Waals surface area contributed by atoms with Gasteiger partial charge in [0.2, 0.25) is 0 Å². The highest BCUT2D eigenvalue weighted by atomic mass is 31.2. The first-order chi connectivity index (χ1) is 38.0. The lowest BCUT2D eigenvalue weighted by molar-refractivity contribution is -0.870. The third kappa shape index (κ3) is 62.6. The fraction of sp³-hybridized carbons (Fsp3) is 0.794. The Labute approximate surface area is 482 Å². The van der Waals surface area contributed by atoms with Crippen LogP contribution in [0.25, 0.3) is 0 Å². The molecule has 0 aromatic carbocycles. The molecule has 0 amide bonds. The second-order valence-corrected chi connectivity index (χ2v) is 24.6. The molecule has 78 heavy (non-hydrogen) atoms. The van der Waals surface area contributed by atoms with Crippen molar-refractivity contribution in [1.82, 2.24) is 0 Å². The molecule has 0 saturated carbocycles. The zero-order chi connectivity index (χ0) is 57.0. The second kappa shape index (κ2) is 59.1. The molecule has 1 N–H and O–H groups in total. The Balaban J connectivity index is 4.06.